The van der Waals surface area contributed by atoms with Crippen LogP contribution in [0, 0.1) is 6.92 Å². The molecule has 2 aromatic carbocycles. The Morgan fingerprint density at radius 1 is 1.22 bits per heavy atom. The largest absolute Gasteiger partial charge is 0.487 e. The van der Waals surface area contributed by atoms with E-state index in [1.807, 2.05) is 37.3 Å². The molecule has 0 aromatic heterocycles. The average Bonchev–Trinajstić information content (AvgIpc) is 2.51. The number of rotatable bonds is 5. The number of hydrogen-bond acceptors (Lipinski definition) is 3. The maximum atomic E-state index is 11.5. The molecule has 0 bridgehead atoms. The summed E-state index contributed by atoms with van der Waals surface area (Å²) in [7, 11) is 3.42. The van der Waals surface area contributed by atoms with Crippen molar-refractivity contribution in [2.45, 2.75) is 13.5 Å². The van der Waals surface area contributed by atoms with Gasteiger partial charge in [-0.3, -0.25) is 4.79 Å². The van der Waals surface area contributed by atoms with Gasteiger partial charge in [-0.05, 0) is 36.3 Å². The fourth-order valence-electron chi connectivity index (χ4n) is 2.08. The van der Waals surface area contributed by atoms with Crippen molar-refractivity contribution < 1.29 is 9.53 Å². The highest BCUT2D eigenvalue weighted by Crippen LogP contribution is 2.24. The molecule has 120 valence electrons. The fraction of sp³-hybridized carbons (Fsp3) is 0.211. The lowest BCUT2D eigenvalue weighted by molar-refractivity contribution is -0.123. The van der Waals surface area contributed by atoms with Crippen LogP contribution in [0.1, 0.15) is 16.7 Å². The molecule has 2 N–H and O–H groups in total. The third-order valence-electron chi connectivity index (χ3n) is 3.37. The number of nitrogen functional groups attached to an aromatic ring is 1. The lowest BCUT2D eigenvalue weighted by atomic mass is 10.1. The second-order valence-corrected chi connectivity index (χ2v) is 5.64. The van der Waals surface area contributed by atoms with Crippen LogP contribution in [0.4, 0.5) is 5.69 Å². The zero-order valence-corrected chi connectivity index (χ0v) is 13.7. The Bertz CT molecular complexity index is 721. The van der Waals surface area contributed by atoms with E-state index in [1.54, 1.807) is 26.2 Å². The maximum Gasteiger partial charge on any atom is 0.246 e. The molecule has 23 heavy (non-hydrogen) atoms. The van der Waals surface area contributed by atoms with Crippen molar-refractivity contribution in [3.05, 3.63) is 65.2 Å². The van der Waals surface area contributed by atoms with E-state index in [4.69, 9.17) is 10.5 Å². The van der Waals surface area contributed by atoms with Gasteiger partial charge in [-0.15, -0.1) is 0 Å². The van der Waals surface area contributed by atoms with Gasteiger partial charge in [-0.2, -0.15) is 0 Å². The van der Waals surface area contributed by atoms with Crippen LogP contribution < -0.4 is 10.5 Å². The number of aryl methyl sites for hydroxylation is 1. The zero-order valence-electron chi connectivity index (χ0n) is 13.7. The number of amides is 1. The van der Waals surface area contributed by atoms with Crippen LogP contribution in [0.2, 0.25) is 0 Å². The van der Waals surface area contributed by atoms with E-state index in [2.05, 4.69) is 6.07 Å². The fourth-order valence-corrected chi connectivity index (χ4v) is 2.08. The van der Waals surface area contributed by atoms with Gasteiger partial charge in [-0.1, -0.05) is 35.9 Å². The minimum absolute atomic E-state index is 0.0663. The molecular weight excluding hydrogens is 288 g/mol. The van der Waals surface area contributed by atoms with Gasteiger partial charge < -0.3 is 15.4 Å². The number of nitrogens with two attached hydrogens (primary N) is 1. The van der Waals surface area contributed by atoms with Gasteiger partial charge in [-0.25, -0.2) is 0 Å². The van der Waals surface area contributed by atoms with Gasteiger partial charge in [0.2, 0.25) is 5.91 Å². The minimum Gasteiger partial charge on any atom is -0.487 e. The van der Waals surface area contributed by atoms with E-state index in [1.165, 1.54) is 16.5 Å². The lowest BCUT2D eigenvalue weighted by Crippen LogP contribution is -2.18. The van der Waals surface area contributed by atoms with Gasteiger partial charge in [0.05, 0.1) is 5.69 Å². The first-order valence-corrected chi connectivity index (χ1v) is 7.43. The summed E-state index contributed by atoms with van der Waals surface area (Å²) in [5.41, 5.74) is 9.74. The first-order chi connectivity index (χ1) is 11.0. The quantitative estimate of drug-likeness (QED) is 0.681. The van der Waals surface area contributed by atoms with Crippen LogP contribution in [-0.2, 0) is 11.4 Å². The molecule has 0 aliphatic heterocycles. The number of ether oxygens (including phenoxy) is 1. The standard InChI is InChI=1S/C19H22N2O2/c1-14-5-4-6-16(11-14)13-23-18-9-7-15(12-17(18)20)8-10-19(22)21(2)3/h4-12H,13,20H2,1-3H3/b10-8-. The summed E-state index contributed by atoms with van der Waals surface area (Å²) in [4.78, 5) is 13.1. The van der Waals surface area contributed by atoms with Crippen molar-refractivity contribution in [3.63, 3.8) is 0 Å². The summed E-state index contributed by atoms with van der Waals surface area (Å²) in [5.74, 6) is 0.575. The van der Waals surface area contributed by atoms with Crippen LogP contribution in [-0.4, -0.2) is 24.9 Å². The summed E-state index contributed by atoms with van der Waals surface area (Å²) in [5, 5.41) is 0. The Morgan fingerprint density at radius 2 is 2.00 bits per heavy atom. The number of carbonyl (C=O) groups excluding carboxylic acids is 1. The third-order valence-corrected chi connectivity index (χ3v) is 3.37. The van der Waals surface area contributed by atoms with Gasteiger partial charge in [0.25, 0.3) is 0 Å². The molecular formula is C19H22N2O2. The highest BCUT2D eigenvalue weighted by Gasteiger charge is 2.03. The summed E-state index contributed by atoms with van der Waals surface area (Å²) < 4.78 is 5.77. The normalized spacial score (nSPS) is 10.7. The predicted octanol–water partition coefficient (Wildman–Crippen LogP) is 3.26. The second-order valence-electron chi connectivity index (χ2n) is 5.64. The predicted molar refractivity (Wildman–Crippen MR) is 94.1 cm³/mol. The molecule has 0 radical (unpaired) electrons. The van der Waals surface area contributed by atoms with Crippen molar-refractivity contribution in [1.29, 1.82) is 0 Å². The molecule has 1 amide bonds. The molecule has 0 heterocycles. The molecule has 0 spiro atoms. The molecule has 4 heteroatoms. The van der Waals surface area contributed by atoms with Gasteiger partial charge in [0, 0.05) is 20.2 Å². The van der Waals surface area contributed by atoms with Gasteiger partial charge in [0.15, 0.2) is 0 Å². The van der Waals surface area contributed by atoms with Crippen LogP contribution in [0.15, 0.2) is 48.5 Å². The lowest BCUT2D eigenvalue weighted by Gasteiger charge is -2.10. The highest BCUT2D eigenvalue weighted by atomic mass is 16.5. The van der Waals surface area contributed by atoms with E-state index < -0.39 is 0 Å². The monoisotopic (exact) mass is 310 g/mol. The number of carbonyl (C=O) groups is 1. The highest BCUT2D eigenvalue weighted by molar-refractivity contribution is 5.91. The molecule has 0 atom stereocenters. The molecule has 0 aliphatic carbocycles. The number of anilines is 1. The number of benzene rings is 2. The van der Waals surface area contributed by atoms with Crippen LogP contribution in [0.3, 0.4) is 0 Å². The van der Waals surface area contributed by atoms with Gasteiger partial charge in [0.1, 0.15) is 12.4 Å². The molecule has 0 aliphatic rings. The Labute approximate surface area is 137 Å². The summed E-state index contributed by atoms with van der Waals surface area (Å²) in [6, 6.07) is 13.7. The Balaban J connectivity index is 2.03. The second kappa shape index (κ2) is 7.49. The van der Waals surface area contributed by atoms with Crippen molar-refractivity contribution in [3.8, 4) is 5.75 Å². The molecule has 0 saturated heterocycles. The van der Waals surface area contributed by atoms with Crippen LogP contribution in [0.25, 0.3) is 6.08 Å². The number of nitrogens with zero attached hydrogens (tertiary/aromatic N) is 1. The van der Waals surface area contributed by atoms with E-state index in [-0.39, 0.29) is 5.91 Å². The van der Waals surface area contributed by atoms with E-state index in [0.717, 1.165) is 11.1 Å². The smallest absolute Gasteiger partial charge is 0.246 e. The molecule has 2 aromatic rings. The van der Waals surface area contributed by atoms with E-state index in [9.17, 15) is 4.79 Å². The Kier molecular flexibility index (Phi) is 5.41. The Hall–Kier alpha value is -2.75. The number of hydrogen-bond donors (Lipinski definition) is 1. The summed E-state index contributed by atoms with van der Waals surface area (Å²) in [6.07, 6.45) is 3.26. The molecule has 0 saturated carbocycles. The SMILES string of the molecule is Cc1cccc(COc2ccc(/C=C\C(=O)N(C)C)cc2N)c1. The molecule has 4 nitrogen and oxygen atoms in total. The summed E-state index contributed by atoms with van der Waals surface area (Å²) in [6.45, 7) is 2.52. The molecule has 0 unspecified atom stereocenters. The van der Waals surface area contributed by atoms with Gasteiger partial charge >= 0.3 is 0 Å². The van der Waals surface area contributed by atoms with Crippen molar-refractivity contribution in [1.82, 2.24) is 4.90 Å². The maximum absolute atomic E-state index is 11.5. The van der Waals surface area contributed by atoms with Crippen molar-refractivity contribution in [2.75, 3.05) is 19.8 Å². The van der Waals surface area contributed by atoms with E-state index >= 15 is 0 Å². The minimum atomic E-state index is -0.0663. The van der Waals surface area contributed by atoms with Crippen molar-refractivity contribution >= 4 is 17.7 Å². The molecule has 0 fully saturated rings. The average molecular weight is 310 g/mol. The first-order valence-electron chi connectivity index (χ1n) is 7.43. The summed E-state index contributed by atoms with van der Waals surface area (Å²) >= 11 is 0. The first kappa shape index (κ1) is 16.6. The number of likely N-dealkylation sites (N-methyl/N-ethyl adjacent to an activating group) is 1. The topological polar surface area (TPSA) is 55.6 Å². The van der Waals surface area contributed by atoms with Crippen LogP contribution in [0.5, 0.6) is 5.75 Å². The van der Waals surface area contributed by atoms with Crippen LogP contribution >= 0.6 is 0 Å². The van der Waals surface area contributed by atoms with Crippen molar-refractivity contribution in [2.24, 2.45) is 0 Å². The Morgan fingerprint density at radius 3 is 2.65 bits per heavy atom. The van der Waals surface area contributed by atoms with E-state index in [0.29, 0.717) is 18.0 Å². The molecule has 2 rings (SSSR count). The zero-order chi connectivity index (χ0) is 16.8. The third kappa shape index (κ3) is 4.88.